The van der Waals surface area contributed by atoms with Gasteiger partial charge in [-0.05, 0) is 23.8 Å². The predicted molar refractivity (Wildman–Crippen MR) is 70.9 cm³/mol. The lowest BCUT2D eigenvalue weighted by molar-refractivity contribution is -0.109. The fraction of sp³-hybridized carbons (Fsp3) is 0.333. The third-order valence-corrected chi connectivity index (χ3v) is 3.37. The number of thioether (sulfide) groups is 1. The van der Waals surface area contributed by atoms with E-state index in [1.54, 1.807) is 0 Å². The Hall–Kier alpha value is -0.880. The van der Waals surface area contributed by atoms with Gasteiger partial charge in [-0.15, -0.1) is 0 Å². The summed E-state index contributed by atoms with van der Waals surface area (Å²) in [7, 11) is 0. The average Bonchev–Trinajstić information content (AvgIpc) is 2.34. The normalized spacial score (nSPS) is 14.0. The second-order valence-corrected chi connectivity index (χ2v) is 5.38. The Bertz CT molecular complexity index is 450. The van der Waals surface area contributed by atoms with E-state index < -0.39 is 12.2 Å². The molecule has 2 atom stereocenters. The number of halogens is 1. The first-order chi connectivity index (χ1) is 8.43. The topological polar surface area (TPSA) is 74.6 Å². The maximum absolute atomic E-state index is 10.8. The number of aliphatic hydroxyl groups excluding tert-OH is 2. The molecule has 1 rings (SSSR count). The van der Waals surface area contributed by atoms with Gasteiger partial charge in [0, 0.05) is 23.3 Å². The predicted octanol–water partition coefficient (Wildman–Crippen LogP) is 1.83. The lowest BCUT2D eigenvalue weighted by Gasteiger charge is -2.17. The van der Waals surface area contributed by atoms with Crippen molar-refractivity contribution in [2.45, 2.75) is 19.1 Å². The van der Waals surface area contributed by atoms with Gasteiger partial charge in [0.1, 0.15) is 12.4 Å². The molecule has 0 heterocycles. The number of hydrogen-bond donors (Lipinski definition) is 2. The third-order valence-electron chi connectivity index (χ3n) is 2.24. The number of aliphatic hydroxyl groups is 2. The zero-order valence-corrected chi connectivity index (χ0v) is 11.2. The Morgan fingerprint density at radius 2 is 2.11 bits per heavy atom. The monoisotopic (exact) mass is 288 g/mol. The molecule has 0 amide bonds. The molecule has 2 N–H and O–H groups in total. The summed E-state index contributed by atoms with van der Waals surface area (Å²) in [5.74, 6) is 0.0828. The SMILES string of the molecule is CC(=O)SCC(O)C(O)c1cc(Cl)cc(C=O)c1. The van der Waals surface area contributed by atoms with Crippen molar-refractivity contribution in [2.24, 2.45) is 0 Å². The van der Waals surface area contributed by atoms with Crippen molar-refractivity contribution in [3.8, 4) is 0 Å². The standard InChI is InChI=1S/C12H13ClO4S/c1-7(15)18-6-11(16)12(17)9-2-8(5-14)3-10(13)4-9/h2-5,11-12,16-17H,6H2,1H3. The Morgan fingerprint density at radius 1 is 1.44 bits per heavy atom. The molecule has 1 aromatic rings. The number of carbonyl (C=O) groups excluding carboxylic acids is 2. The molecule has 4 nitrogen and oxygen atoms in total. The fourth-order valence-electron chi connectivity index (χ4n) is 1.39. The fourth-order valence-corrected chi connectivity index (χ4v) is 2.23. The minimum absolute atomic E-state index is 0.0828. The van der Waals surface area contributed by atoms with Crippen LogP contribution in [0.25, 0.3) is 0 Å². The van der Waals surface area contributed by atoms with Crippen molar-refractivity contribution in [3.63, 3.8) is 0 Å². The van der Waals surface area contributed by atoms with E-state index in [1.165, 1.54) is 25.1 Å². The Labute approximate surface area is 114 Å². The highest BCUT2D eigenvalue weighted by Gasteiger charge is 2.20. The van der Waals surface area contributed by atoms with Gasteiger partial charge >= 0.3 is 0 Å². The second kappa shape index (κ2) is 6.89. The summed E-state index contributed by atoms with van der Waals surface area (Å²) in [6, 6.07) is 4.38. The van der Waals surface area contributed by atoms with E-state index in [4.69, 9.17) is 11.6 Å². The van der Waals surface area contributed by atoms with Crippen LogP contribution in [0.4, 0.5) is 0 Å². The number of carbonyl (C=O) groups is 2. The van der Waals surface area contributed by atoms with E-state index in [2.05, 4.69) is 0 Å². The van der Waals surface area contributed by atoms with Crippen LogP contribution >= 0.6 is 23.4 Å². The Morgan fingerprint density at radius 3 is 2.67 bits per heavy atom. The lowest BCUT2D eigenvalue weighted by atomic mass is 10.0. The first kappa shape index (κ1) is 15.2. The van der Waals surface area contributed by atoms with Crippen LogP contribution in [-0.2, 0) is 4.79 Å². The number of hydrogen-bond acceptors (Lipinski definition) is 5. The average molecular weight is 289 g/mol. The molecule has 2 unspecified atom stereocenters. The van der Waals surface area contributed by atoms with Crippen molar-refractivity contribution in [3.05, 3.63) is 34.3 Å². The van der Waals surface area contributed by atoms with Crippen LogP contribution in [0.1, 0.15) is 28.9 Å². The third kappa shape index (κ3) is 4.42. The highest BCUT2D eigenvalue weighted by atomic mass is 35.5. The molecule has 0 fully saturated rings. The Kier molecular flexibility index (Phi) is 5.81. The molecule has 0 spiro atoms. The van der Waals surface area contributed by atoms with Crippen LogP contribution in [0.3, 0.4) is 0 Å². The van der Waals surface area contributed by atoms with Gasteiger partial charge in [-0.3, -0.25) is 9.59 Å². The van der Waals surface area contributed by atoms with Crippen LogP contribution in [0.5, 0.6) is 0 Å². The van der Waals surface area contributed by atoms with E-state index in [-0.39, 0.29) is 10.9 Å². The zero-order valence-electron chi connectivity index (χ0n) is 9.67. The molecule has 0 aliphatic heterocycles. The van der Waals surface area contributed by atoms with Crippen LogP contribution in [-0.4, -0.2) is 33.5 Å². The van der Waals surface area contributed by atoms with E-state index in [0.29, 0.717) is 22.4 Å². The van der Waals surface area contributed by atoms with Crippen molar-refractivity contribution in [1.82, 2.24) is 0 Å². The van der Waals surface area contributed by atoms with Gasteiger partial charge in [0.2, 0.25) is 0 Å². The molecule has 0 bridgehead atoms. The number of benzene rings is 1. The first-order valence-corrected chi connectivity index (χ1v) is 6.55. The summed E-state index contributed by atoms with van der Waals surface area (Å²) in [4.78, 5) is 21.4. The van der Waals surface area contributed by atoms with Crippen LogP contribution in [0.2, 0.25) is 5.02 Å². The molecular formula is C12H13ClO4S. The lowest BCUT2D eigenvalue weighted by Crippen LogP contribution is -2.21. The van der Waals surface area contributed by atoms with Gasteiger partial charge in [0.15, 0.2) is 5.12 Å². The molecule has 0 aromatic heterocycles. The molecule has 0 aliphatic rings. The van der Waals surface area contributed by atoms with Crippen molar-refractivity contribution < 1.29 is 19.8 Å². The first-order valence-electron chi connectivity index (χ1n) is 5.19. The molecule has 0 radical (unpaired) electrons. The van der Waals surface area contributed by atoms with Crippen LogP contribution < -0.4 is 0 Å². The summed E-state index contributed by atoms with van der Waals surface area (Å²) >= 11 is 6.72. The van der Waals surface area contributed by atoms with Gasteiger partial charge in [0.25, 0.3) is 0 Å². The van der Waals surface area contributed by atoms with Crippen LogP contribution in [0, 0.1) is 0 Å². The molecule has 18 heavy (non-hydrogen) atoms. The summed E-state index contributed by atoms with van der Waals surface area (Å²) in [5, 5.41) is 19.8. The van der Waals surface area contributed by atoms with E-state index in [9.17, 15) is 19.8 Å². The van der Waals surface area contributed by atoms with Crippen molar-refractivity contribution in [2.75, 3.05) is 5.75 Å². The maximum Gasteiger partial charge on any atom is 0.185 e. The van der Waals surface area contributed by atoms with Crippen LogP contribution in [0.15, 0.2) is 18.2 Å². The molecule has 0 saturated heterocycles. The minimum atomic E-state index is -1.19. The van der Waals surface area contributed by atoms with Crippen molar-refractivity contribution >= 4 is 34.8 Å². The zero-order chi connectivity index (χ0) is 13.7. The second-order valence-electron chi connectivity index (χ2n) is 3.75. The summed E-state index contributed by atoms with van der Waals surface area (Å²) in [6.07, 6.45) is -1.68. The summed E-state index contributed by atoms with van der Waals surface area (Å²) < 4.78 is 0. The number of rotatable bonds is 5. The highest BCUT2D eigenvalue weighted by Crippen LogP contribution is 2.24. The molecule has 0 aliphatic carbocycles. The number of aldehydes is 1. The maximum atomic E-state index is 10.8. The van der Waals surface area contributed by atoms with E-state index in [1.807, 2.05) is 0 Å². The van der Waals surface area contributed by atoms with Gasteiger partial charge in [-0.25, -0.2) is 0 Å². The molecular weight excluding hydrogens is 276 g/mol. The quantitative estimate of drug-likeness (QED) is 0.809. The van der Waals surface area contributed by atoms with Gasteiger partial charge in [-0.2, -0.15) is 0 Å². The highest BCUT2D eigenvalue weighted by molar-refractivity contribution is 8.13. The van der Waals surface area contributed by atoms with Gasteiger partial charge < -0.3 is 10.2 Å². The van der Waals surface area contributed by atoms with E-state index in [0.717, 1.165) is 11.8 Å². The van der Waals surface area contributed by atoms with E-state index >= 15 is 0 Å². The summed E-state index contributed by atoms with van der Waals surface area (Å²) in [6.45, 7) is 1.38. The minimum Gasteiger partial charge on any atom is -0.389 e. The largest absolute Gasteiger partial charge is 0.389 e. The molecule has 6 heteroatoms. The molecule has 0 saturated carbocycles. The smallest absolute Gasteiger partial charge is 0.185 e. The Balaban J connectivity index is 2.82. The summed E-state index contributed by atoms with van der Waals surface area (Å²) in [5.41, 5.74) is 0.671. The molecule has 1 aromatic carbocycles. The molecule has 98 valence electrons. The van der Waals surface area contributed by atoms with Gasteiger partial charge in [0.05, 0.1) is 6.10 Å². The van der Waals surface area contributed by atoms with Crippen molar-refractivity contribution in [1.29, 1.82) is 0 Å². The van der Waals surface area contributed by atoms with Gasteiger partial charge in [-0.1, -0.05) is 23.4 Å².